The zero-order chi connectivity index (χ0) is 11.7. The highest BCUT2D eigenvalue weighted by Gasteiger charge is 2.13. The summed E-state index contributed by atoms with van der Waals surface area (Å²) < 4.78 is 14.3. The van der Waals surface area contributed by atoms with E-state index in [1.165, 1.54) is 12.1 Å². The van der Waals surface area contributed by atoms with Gasteiger partial charge in [0.2, 0.25) is 0 Å². The number of aromatic hydroxyl groups is 1. The second kappa shape index (κ2) is 4.44. The van der Waals surface area contributed by atoms with Gasteiger partial charge < -0.3 is 5.11 Å². The number of rotatable bonds is 1. The number of hydrogen-bond donors (Lipinski definition) is 1. The Hall–Kier alpha value is -1.06. The first-order chi connectivity index (χ1) is 7.59. The summed E-state index contributed by atoms with van der Waals surface area (Å²) in [5.74, 6) is -0.440. The Bertz CT molecular complexity index is 519. The third-order valence-corrected chi connectivity index (χ3v) is 3.02. The van der Waals surface area contributed by atoms with Crippen molar-refractivity contribution in [2.75, 3.05) is 0 Å². The van der Waals surface area contributed by atoms with Crippen LogP contribution < -0.4 is 0 Å². The van der Waals surface area contributed by atoms with Gasteiger partial charge in [-0.1, -0.05) is 29.8 Å². The smallest absolute Gasteiger partial charge is 0.133 e. The van der Waals surface area contributed by atoms with Crippen molar-refractivity contribution in [1.29, 1.82) is 0 Å². The Morgan fingerprint density at radius 2 is 1.88 bits per heavy atom. The molecule has 2 aromatic rings. The van der Waals surface area contributed by atoms with Gasteiger partial charge in [0.05, 0.1) is 0 Å². The predicted molar refractivity (Wildman–Crippen MR) is 66.2 cm³/mol. The van der Waals surface area contributed by atoms with Gasteiger partial charge in [-0.2, -0.15) is 0 Å². The van der Waals surface area contributed by atoms with Crippen LogP contribution in [0.3, 0.4) is 0 Å². The van der Waals surface area contributed by atoms with Gasteiger partial charge in [0.25, 0.3) is 0 Å². The number of phenolic OH excluding ortho intramolecular Hbond substituents is 1. The molecule has 0 aliphatic heterocycles. The van der Waals surface area contributed by atoms with Crippen molar-refractivity contribution in [2.45, 2.75) is 0 Å². The molecule has 0 atom stereocenters. The normalized spacial score (nSPS) is 10.4. The van der Waals surface area contributed by atoms with Crippen LogP contribution in [0.25, 0.3) is 11.1 Å². The number of phenols is 1. The highest BCUT2D eigenvalue weighted by molar-refractivity contribution is 9.10. The van der Waals surface area contributed by atoms with Crippen LogP contribution in [0.4, 0.5) is 4.39 Å². The molecule has 1 N–H and O–H groups in total. The van der Waals surface area contributed by atoms with E-state index in [9.17, 15) is 9.50 Å². The SMILES string of the molecule is Oc1ccccc1-c1c(F)cc(Cl)cc1Br. The quantitative estimate of drug-likeness (QED) is 0.815. The minimum atomic E-state index is -0.471. The maximum Gasteiger partial charge on any atom is 0.133 e. The lowest BCUT2D eigenvalue weighted by Gasteiger charge is -2.08. The molecule has 0 fully saturated rings. The fraction of sp³-hybridized carbons (Fsp3) is 0. The standard InChI is InChI=1S/C12H7BrClFO/c13-9-5-7(14)6-10(15)12(9)8-3-1-2-4-11(8)16/h1-6,16H. The zero-order valence-corrected chi connectivity index (χ0v) is 10.4. The van der Waals surface area contributed by atoms with Crippen LogP contribution in [0.1, 0.15) is 0 Å². The Morgan fingerprint density at radius 1 is 1.19 bits per heavy atom. The lowest BCUT2D eigenvalue weighted by Crippen LogP contribution is -1.87. The number of halogens is 3. The fourth-order valence-corrected chi connectivity index (χ4v) is 2.47. The second-order valence-electron chi connectivity index (χ2n) is 3.26. The minimum Gasteiger partial charge on any atom is -0.507 e. The zero-order valence-electron chi connectivity index (χ0n) is 8.05. The molecule has 0 bridgehead atoms. The first-order valence-electron chi connectivity index (χ1n) is 4.52. The summed E-state index contributed by atoms with van der Waals surface area (Å²) in [6, 6.07) is 9.37. The number of hydrogen-bond acceptors (Lipinski definition) is 1. The van der Waals surface area contributed by atoms with E-state index in [1.807, 2.05) is 0 Å². The van der Waals surface area contributed by atoms with Crippen LogP contribution in [0.5, 0.6) is 5.75 Å². The molecule has 0 saturated carbocycles. The summed E-state index contributed by atoms with van der Waals surface area (Å²) in [5.41, 5.74) is 0.742. The van der Waals surface area contributed by atoms with E-state index >= 15 is 0 Å². The van der Waals surface area contributed by atoms with E-state index < -0.39 is 5.82 Å². The van der Waals surface area contributed by atoms with Crippen LogP contribution in [-0.4, -0.2) is 5.11 Å². The summed E-state index contributed by atoms with van der Waals surface area (Å²) >= 11 is 8.95. The number of benzene rings is 2. The van der Waals surface area contributed by atoms with Crippen molar-refractivity contribution in [3.8, 4) is 16.9 Å². The van der Waals surface area contributed by atoms with Gasteiger partial charge in [-0.25, -0.2) is 4.39 Å². The molecule has 4 heteroatoms. The Morgan fingerprint density at radius 3 is 2.50 bits per heavy atom. The van der Waals surface area contributed by atoms with Gasteiger partial charge in [-0.05, 0) is 34.1 Å². The Balaban J connectivity index is 2.70. The van der Waals surface area contributed by atoms with Gasteiger partial charge in [0, 0.05) is 20.6 Å². The predicted octanol–water partition coefficient (Wildman–Crippen LogP) is 4.61. The molecule has 0 spiro atoms. The van der Waals surface area contributed by atoms with Gasteiger partial charge >= 0.3 is 0 Å². The molecule has 0 radical (unpaired) electrons. The van der Waals surface area contributed by atoms with E-state index in [0.29, 0.717) is 20.6 Å². The molecule has 0 aliphatic rings. The van der Waals surface area contributed by atoms with Gasteiger partial charge in [-0.3, -0.25) is 0 Å². The van der Waals surface area contributed by atoms with Crippen molar-refractivity contribution in [3.05, 3.63) is 51.7 Å². The summed E-state index contributed by atoms with van der Waals surface area (Å²) in [6.45, 7) is 0. The monoisotopic (exact) mass is 300 g/mol. The molecule has 1 nitrogen and oxygen atoms in total. The molecule has 0 saturated heterocycles. The third kappa shape index (κ3) is 2.06. The molecule has 0 unspecified atom stereocenters. The van der Waals surface area contributed by atoms with Crippen molar-refractivity contribution in [3.63, 3.8) is 0 Å². The van der Waals surface area contributed by atoms with Gasteiger partial charge in [0.1, 0.15) is 11.6 Å². The molecule has 82 valence electrons. The van der Waals surface area contributed by atoms with Crippen LogP contribution >= 0.6 is 27.5 Å². The van der Waals surface area contributed by atoms with Crippen LogP contribution in [0.15, 0.2) is 40.9 Å². The molecular formula is C12H7BrClFO. The Labute approximate surface area is 106 Å². The lowest BCUT2D eigenvalue weighted by molar-refractivity contribution is 0.476. The maximum atomic E-state index is 13.8. The van der Waals surface area contributed by atoms with E-state index in [4.69, 9.17) is 11.6 Å². The molecule has 2 aromatic carbocycles. The van der Waals surface area contributed by atoms with E-state index in [-0.39, 0.29) is 5.75 Å². The van der Waals surface area contributed by atoms with Gasteiger partial charge in [-0.15, -0.1) is 0 Å². The molecule has 2 rings (SSSR count). The third-order valence-electron chi connectivity index (χ3n) is 2.18. The average Bonchev–Trinajstić information content (AvgIpc) is 2.19. The lowest BCUT2D eigenvalue weighted by atomic mass is 10.0. The molecule has 16 heavy (non-hydrogen) atoms. The average molecular weight is 302 g/mol. The summed E-state index contributed by atoms with van der Waals surface area (Å²) in [6.07, 6.45) is 0. The minimum absolute atomic E-state index is 0.0319. The second-order valence-corrected chi connectivity index (χ2v) is 4.55. The first kappa shape index (κ1) is 11.4. The highest BCUT2D eigenvalue weighted by atomic mass is 79.9. The van der Waals surface area contributed by atoms with Crippen molar-refractivity contribution >= 4 is 27.5 Å². The molecule has 0 heterocycles. The van der Waals surface area contributed by atoms with Crippen LogP contribution in [0.2, 0.25) is 5.02 Å². The molecular weight excluding hydrogens is 294 g/mol. The molecule has 0 amide bonds. The first-order valence-corrected chi connectivity index (χ1v) is 5.69. The summed E-state index contributed by atoms with van der Waals surface area (Å²) in [4.78, 5) is 0. The van der Waals surface area contributed by atoms with Gasteiger partial charge in [0.15, 0.2) is 0 Å². The van der Waals surface area contributed by atoms with Crippen LogP contribution in [0, 0.1) is 5.82 Å². The van der Waals surface area contributed by atoms with E-state index in [0.717, 1.165) is 0 Å². The van der Waals surface area contributed by atoms with E-state index in [2.05, 4.69) is 15.9 Å². The van der Waals surface area contributed by atoms with Crippen molar-refractivity contribution < 1.29 is 9.50 Å². The maximum absolute atomic E-state index is 13.8. The molecule has 0 aliphatic carbocycles. The molecule has 0 aromatic heterocycles. The number of para-hydroxylation sites is 1. The highest BCUT2D eigenvalue weighted by Crippen LogP contribution is 2.37. The van der Waals surface area contributed by atoms with Crippen LogP contribution in [-0.2, 0) is 0 Å². The summed E-state index contributed by atoms with van der Waals surface area (Å²) in [7, 11) is 0. The van der Waals surface area contributed by atoms with E-state index in [1.54, 1.807) is 24.3 Å². The largest absolute Gasteiger partial charge is 0.507 e. The summed E-state index contributed by atoms with van der Waals surface area (Å²) in [5, 5.41) is 9.97. The fourth-order valence-electron chi connectivity index (χ4n) is 1.48. The van der Waals surface area contributed by atoms with Crippen molar-refractivity contribution in [2.24, 2.45) is 0 Å². The topological polar surface area (TPSA) is 20.2 Å². The van der Waals surface area contributed by atoms with Crippen molar-refractivity contribution in [1.82, 2.24) is 0 Å². The Kier molecular flexibility index (Phi) is 3.17.